The molecule has 0 spiro atoms. The number of nitrogens with one attached hydrogen (secondary N) is 2. The highest BCUT2D eigenvalue weighted by molar-refractivity contribution is 5.75. The number of pyridine rings is 1. The highest BCUT2D eigenvalue weighted by Gasteiger charge is 2.05. The van der Waals surface area contributed by atoms with Gasteiger partial charge in [0.05, 0.1) is 4.92 Å². The normalized spacial score (nSPS) is 10.2. The first kappa shape index (κ1) is 19.2. The fourth-order valence-electron chi connectivity index (χ4n) is 2.29. The van der Waals surface area contributed by atoms with Crippen molar-refractivity contribution in [3.63, 3.8) is 0 Å². The molecule has 1 heterocycles. The molecule has 0 radical (unpaired) electrons. The van der Waals surface area contributed by atoms with Crippen LogP contribution in [0.3, 0.4) is 0 Å². The highest BCUT2D eigenvalue weighted by Crippen LogP contribution is 2.15. The SMILES string of the molecule is CN(C)c1cc(CNC(=O)CCCNc2ccc([N+](=O)[O-])cc2)ccn1. The first-order valence-electron chi connectivity index (χ1n) is 8.33. The van der Waals surface area contributed by atoms with Gasteiger partial charge < -0.3 is 15.5 Å². The average Bonchev–Trinajstić information content (AvgIpc) is 2.64. The third kappa shape index (κ3) is 6.04. The van der Waals surface area contributed by atoms with Crippen molar-refractivity contribution in [1.82, 2.24) is 10.3 Å². The van der Waals surface area contributed by atoms with Crippen molar-refractivity contribution < 1.29 is 9.72 Å². The van der Waals surface area contributed by atoms with E-state index < -0.39 is 4.92 Å². The van der Waals surface area contributed by atoms with Crippen molar-refractivity contribution in [2.75, 3.05) is 30.9 Å². The lowest BCUT2D eigenvalue weighted by Crippen LogP contribution is -2.23. The minimum atomic E-state index is -0.432. The number of non-ortho nitro benzene ring substituents is 1. The van der Waals surface area contributed by atoms with Gasteiger partial charge in [-0.3, -0.25) is 14.9 Å². The summed E-state index contributed by atoms with van der Waals surface area (Å²) in [5.41, 5.74) is 1.86. The number of nitrogens with zero attached hydrogens (tertiary/aromatic N) is 3. The second-order valence-corrected chi connectivity index (χ2v) is 6.03. The molecule has 0 unspecified atom stereocenters. The van der Waals surface area contributed by atoms with E-state index in [2.05, 4.69) is 15.6 Å². The molecule has 0 atom stereocenters. The van der Waals surface area contributed by atoms with Crippen LogP contribution in [0.1, 0.15) is 18.4 Å². The Morgan fingerprint density at radius 1 is 1.23 bits per heavy atom. The molecule has 138 valence electrons. The Bertz CT molecular complexity index is 747. The molecule has 1 aromatic heterocycles. The largest absolute Gasteiger partial charge is 0.385 e. The van der Waals surface area contributed by atoms with Crippen molar-refractivity contribution in [3.8, 4) is 0 Å². The number of nitro groups is 1. The number of nitro benzene ring substituents is 1. The predicted octanol–water partition coefficient (Wildman–Crippen LogP) is 2.56. The molecule has 26 heavy (non-hydrogen) atoms. The number of carbonyl (C=O) groups excluding carboxylic acids is 1. The van der Waals surface area contributed by atoms with Crippen LogP contribution < -0.4 is 15.5 Å². The van der Waals surface area contributed by atoms with Gasteiger partial charge in [0.15, 0.2) is 0 Å². The average molecular weight is 357 g/mol. The van der Waals surface area contributed by atoms with Gasteiger partial charge in [0, 0.05) is 57.6 Å². The summed E-state index contributed by atoms with van der Waals surface area (Å²) < 4.78 is 0. The molecule has 0 aliphatic carbocycles. The van der Waals surface area contributed by atoms with Gasteiger partial charge in [0.2, 0.25) is 5.91 Å². The highest BCUT2D eigenvalue weighted by atomic mass is 16.6. The number of carbonyl (C=O) groups is 1. The van der Waals surface area contributed by atoms with Gasteiger partial charge in [-0.1, -0.05) is 0 Å². The molecule has 1 amide bonds. The lowest BCUT2D eigenvalue weighted by Gasteiger charge is -2.12. The van der Waals surface area contributed by atoms with Crippen LogP contribution in [-0.2, 0) is 11.3 Å². The first-order chi connectivity index (χ1) is 12.5. The Morgan fingerprint density at radius 3 is 2.62 bits per heavy atom. The number of aromatic nitrogens is 1. The maximum Gasteiger partial charge on any atom is 0.269 e. The lowest BCUT2D eigenvalue weighted by molar-refractivity contribution is -0.384. The van der Waals surface area contributed by atoms with Crippen molar-refractivity contribution in [2.24, 2.45) is 0 Å². The van der Waals surface area contributed by atoms with Crippen molar-refractivity contribution in [1.29, 1.82) is 0 Å². The minimum Gasteiger partial charge on any atom is -0.385 e. The zero-order valence-electron chi connectivity index (χ0n) is 14.9. The van der Waals surface area contributed by atoms with Crippen molar-refractivity contribution in [2.45, 2.75) is 19.4 Å². The van der Waals surface area contributed by atoms with Crippen LogP contribution in [0.2, 0.25) is 0 Å². The van der Waals surface area contributed by atoms with Crippen LogP contribution in [0.15, 0.2) is 42.6 Å². The van der Waals surface area contributed by atoms with Crippen LogP contribution in [-0.4, -0.2) is 36.5 Å². The summed E-state index contributed by atoms with van der Waals surface area (Å²) >= 11 is 0. The maximum absolute atomic E-state index is 11.9. The molecular formula is C18H23N5O3. The quantitative estimate of drug-likeness (QED) is 0.406. The zero-order chi connectivity index (χ0) is 18.9. The summed E-state index contributed by atoms with van der Waals surface area (Å²) in [6, 6.07) is 10.0. The Kier molecular flexibility index (Phi) is 6.90. The smallest absolute Gasteiger partial charge is 0.269 e. The van der Waals surface area contributed by atoms with Crippen LogP contribution in [0.5, 0.6) is 0 Å². The van der Waals surface area contributed by atoms with E-state index in [1.54, 1.807) is 18.3 Å². The Labute approximate surface area is 152 Å². The van der Waals surface area contributed by atoms with Crippen LogP contribution in [0.25, 0.3) is 0 Å². The minimum absolute atomic E-state index is 0.0151. The van der Waals surface area contributed by atoms with Gasteiger partial charge in [-0.05, 0) is 36.2 Å². The molecule has 0 bridgehead atoms. The van der Waals surface area contributed by atoms with E-state index in [1.165, 1.54) is 12.1 Å². The van der Waals surface area contributed by atoms with E-state index in [9.17, 15) is 14.9 Å². The van der Waals surface area contributed by atoms with E-state index >= 15 is 0 Å². The van der Waals surface area contributed by atoms with E-state index in [1.807, 2.05) is 31.1 Å². The summed E-state index contributed by atoms with van der Waals surface area (Å²) in [5, 5.41) is 16.6. The number of hydrogen-bond donors (Lipinski definition) is 2. The molecule has 0 aliphatic rings. The number of amides is 1. The summed E-state index contributed by atoms with van der Waals surface area (Å²) in [7, 11) is 3.84. The molecule has 1 aromatic carbocycles. The number of benzene rings is 1. The monoisotopic (exact) mass is 357 g/mol. The summed E-state index contributed by atoms with van der Waals surface area (Å²) in [4.78, 5) is 28.2. The van der Waals surface area contributed by atoms with E-state index in [-0.39, 0.29) is 11.6 Å². The van der Waals surface area contributed by atoms with Crippen molar-refractivity contribution in [3.05, 3.63) is 58.3 Å². The topological polar surface area (TPSA) is 100 Å². The van der Waals surface area contributed by atoms with Gasteiger partial charge in [-0.25, -0.2) is 4.98 Å². The number of anilines is 2. The van der Waals surface area contributed by atoms with E-state index in [4.69, 9.17) is 0 Å². The molecule has 0 aliphatic heterocycles. The Balaban J connectivity index is 1.67. The second-order valence-electron chi connectivity index (χ2n) is 6.03. The standard InChI is InChI=1S/C18H23N5O3/c1-22(2)17-12-14(9-11-20-17)13-21-18(24)4-3-10-19-15-5-7-16(8-6-15)23(25)26/h5-9,11-12,19H,3-4,10,13H2,1-2H3,(H,21,24). The van der Waals surface area contributed by atoms with Gasteiger partial charge in [-0.2, -0.15) is 0 Å². The maximum atomic E-state index is 11.9. The van der Waals surface area contributed by atoms with E-state index in [0.29, 0.717) is 25.9 Å². The number of hydrogen-bond acceptors (Lipinski definition) is 6. The van der Waals surface area contributed by atoms with Gasteiger partial charge in [-0.15, -0.1) is 0 Å². The van der Waals surface area contributed by atoms with Gasteiger partial charge >= 0.3 is 0 Å². The van der Waals surface area contributed by atoms with Crippen LogP contribution in [0.4, 0.5) is 17.2 Å². The summed E-state index contributed by atoms with van der Waals surface area (Å²) in [6.45, 7) is 1.09. The third-order valence-corrected chi connectivity index (χ3v) is 3.75. The van der Waals surface area contributed by atoms with E-state index in [0.717, 1.165) is 17.1 Å². The third-order valence-electron chi connectivity index (χ3n) is 3.75. The molecule has 0 saturated heterocycles. The fourth-order valence-corrected chi connectivity index (χ4v) is 2.29. The first-order valence-corrected chi connectivity index (χ1v) is 8.33. The van der Waals surface area contributed by atoms with Crippen LogP contribution in [0, 0.1) is 10.1 Å². The van der Waals surface area contributed by atoms with Crippen molar-refractivity contribution >= 4 is 23.1 Å². The predicted molar refractivity (Wildman–Crippen MR) is 101 cm³/mol. The summed E-state index contributed by atoms with van der Waals surface area (Å²) in [6.07, 6.45) is 2.80. The molecule has 8 heteroatoms. The summed E-state index contributed by atoms with van der Waals surface area (Å²) in [5.74, 6) is 0.836. The fraction of sp³-hybridized carbons (Fsp3) is 0.333. The molecule has 2 N–H and O–H groups in total. The van der Waals surface area contributed by atoms with Gasteiger partial charge in [0.25, 0.3) is 5.69 Å². The molecule has 8 nitrogen and oxygen atoms in total. The lowest BCUT2D eigenvalue weighted by atomic mass is 10.2. The number of rotatable bonds is 9. The Hall–Kier alpha value is -3.16. The zero-order valence-corrected chi connectivity index (χ0v) is 14.9. The molecular weight excluding hydrogens is 334 g/mol. The Morgan fingerprint density at radius 2 is 1.96 bits per heavy atom. The molecule has 2 aromatic rings. The molecule has 0 saturated carbocycles. The van der Waals surface area contributed by atoms with Gasteiger partial charge in [0.1, 0.15) is 5.82 Å². The second kappa shape index (κ2) is 9.36. The molecule has 0 fully saturated rings. The molecule has 2 rings (SSSR count). The van der Waals surface area contributed by atoms with Crippen LogP contribution >= 0.6 is 0 Å².